The Morgan fingerprint density at radius 1 is 1.50 bits per heavy atom. The lowest BCUT2D eigenvalue weighted by atomic mass is 10.1. The van der Waals surface area contributed by atoms with E-state index < -0.39 is 24.5 Å². The zero-order valence-electron chi connectivity index (χ0n) is 7.17. The van der Waals surface area contributed by atoms with Gasteiger partial charge in [0.15, 0.2) is 0 Å². The van der Waals surface area contributed by atoms with Crippen molar-refractivity contribution < 1.29 is 18.3 Å². The minimum absolute atomic E-state index is 0.213. The molecule has 0 spiro atoms. The molecule has 0 atom stereocenters. The molecule has 1 heterocycles. The third kappa shape index (κ3) is 2.02. The van der Waals surface area contributed by atoms with E-state index in [4.69, 9.17) is 10.8 Å². The Labute approximate surface area is 78.4 Å². The van der Waals surface area contributed by atoms with Crippen molar-refractivity contribution in [1.29, 1.82) is 0 Å². The first-order valence-corrected chi connectivity index (χ1v) is 3.87. The van der Waals surface area contributed by atoms with Gasteiger partial charge in [-0.05, 0) is 6.07 Å². The molecule has 0 aliphatic rings. The van der Waals surface area contributed by atoms with Crippen molar-refractivity contribution in [2.24, 2.45) is 5.73 Å². The zero-order valence-corrected chi connectivity index (χ0v) is 7.17. The second kappa shape index (κ2) is 4.39. The maximum atomic E-state index is 13.0. The van der Waals surface area contributed by atoms with Crippen LogP contribution in [0, 0.1) is 5.82 Å². The largest absolute Gasteiger partial charge is 0.392 e. The van der Waals surface area contributed by atoms with Crippen LogP contribution in [0.15, 0.2) is 6.07 Å². The van der Waals surface area contributed by atoms with Gasteiger partial charge in [0, 0.05) is 12.1 Å². The highest BCUT2D eigenvalue weighted by molar-refractivity contribution is 5.24. The van der Waals surface area contributed by atoms with Crippen molar-refractivity contribution in [3.05, 3.63) is 28.8 Å². The van der Waals surface area contributed by atoms with Crippen LogP contribution < -0.4 is 5.73 Å². The summed E-state index contributed by atoms with van der Waals surface area (Å²) in [5.74, 6) is -0.777. The maximum absolute atomic E-state index is 13.0. The SMILES string of the molecule is NCc1nc(C(F)F)c(CO)cc1F. The first kappa shape index (κ1) is 10.9. The van der Waals surface area contributed by atoms with Crippen molar-refractivity contribution in [2.75, 3.05) is 0 Å². The summed E-state index contributed by atoms with van der Waals surface area (Å²) in [6, 6.07) is 0.830. The molecule has 78 valence electrons. The second-order valence-corrected chi connectivity index (χ2v) is 2.62. The number of hydrogen-bond acceptors (Lipinski definition) is 3. The Kier molecular flexibility index (Phi) is 3.43. The molecule has 0 saturated heterocycles. The van der Waals surface area contributed by atoms with Gasteiger partial charge in [0.25, 0.3) is 6.43 Å². The fourth-order valence-corrected chi connectivity index (χ4v) is 1.04. The monoisotopic (exact) mass is 206 g/mol. The molecule has 1 aromatic rings. The third-order valence-electron chi connectivity index (χ3n) is 1.73. The molecule has 1 aromatic heterocycles. The molecule has 0 aromatic carbocycles. The van der Waals surface area contributed by atoms with E-state index in [0.29, 0.717) is 0 Å². The Morgan fingerprint density at radius 2 is 2.14 bits per heavy atom. The molecule has 3 N–H and O–H groups in total. The molecule has 0 aliphatic carbocycles. The number of nitrogens with two attached hydrogens (primary N) is 1. The number of hydrogen-bond donors (Lipinski definition) is 2. The van der Waals surface area contributed by atoms with Crippen molar-refractivity contribution in [3.63, 3.8) is 0 Å². The van der Waals surface area contributed by atoms with Crippen molar-refractivity contribution in [1.82, 2.24) is 4.98 Å². The summed E-state index contributed by atoms with van der Waals surface area (Å²) in [4.78, 5) is 3.35. The summed E-state index contributed by atoms with van der Waals surface area (Å²) >= 11 is 0. The number of aliphatic hydroxyl groups excluding tert-OH is 1. The standard InChI is InChI=1S/C8H9F3N2O/c9-5-1-4(3-14)7(8(10)11)13-6(5)2-12/h1,8,14H,2-3,12H2. The zero-order chi connectivity index (χ0) is 10.7. The van der Waals surface area contributed by atoms with Gasteiger partial charge in [-0.3, -0.25) is 0 Å². The summed E-state index contributed by atoms with van der Waals surface area (Å²) in [7, 11) is 0. The van der Waals surface area contributed by atoms with E-state index in [1.54, 1.807) is 0 Å². The molecule has 0 aliphatic heterocycles. The van der Waals surface area contributed by atoms with E-state index in [0.717, 1.165) is 6.07 Å². The first-order chi connectivity index (χ1) is 6.60. The first-order valence-electron chi connectivity index (χ1n) is 3.87. The highest BCUT2D eigenvalue weighted by Gasteiger charge is 2.17. The molecule has 0 fully saturated rings. The smallest absolute Gasteiger partial charge is 0.280 e. The minimum Gasteiger partial charge on any atom is -0.392 e. The fourth-order valence-electron chi connectivity index (χ4n) is 1.04. The summed E-state index contributed by atoms with van der Waals surface area (Å²) in [6.45, 7) is -0.925. The van der Waals surface area contributed by atoms with E-state index in [-0.39, 0.29) is 17.8 Å². The van der Waals surface area contributed by atoms with Crippen LogP contribution in [0.1, 0.15) is 23.4 Å². The van der Waals surface area contributed by atoms with E-state index in [1.165, 1.54) is 0 Å². The number of aromatic nitrogens is 1. The normalized spacial score (nSPS) is 11.0. The average Bonchev–Trinajstić information content (AvgIpc) is 2.16. The molecule has 0 unspecified atom stereocenters. The molecule has 1 rings (SSSR count). The van der Waals surface area contributed by atoms with Gasteiger partial charge < -0.3 is 10.8 Å². The number of nitrogens with zero attached hydrogens (tertiary/aromatic N) is 1. The van der Waals surface area contributed by atoms with Crippen LogP contribution in [0.2, 0.25) is 0 Å². The lowest BCUT2D eigenvalue weighted by molar-refractivity contribution is 0.141. The third-order valence-corrected chi connectivity index (χ3v) is 1.73. The Bertz CT molecular complexity index is 331. The molecular weight excluding hydrogens is 197 g/mol. The van der Waals surface area contributed by atoms with Crippen molar-refractivity contribution in [3.8, 4) is 0 Å². The molecule has 6 heteroatoms. The Balaban J connectivity index is 3.25. The predicted molar refractivity (Wildman–Crippen MR) is 43.0 cm³/mol. The van der Waals surface area contributed by atoms with Gasteiger partial charge in [-0.25, -0.2) is 18.2 Å². The van der Waals surface area contributed by atoms with Crippen LogP contribution in [0.5, 0.6) is 0 Å². The lowest BCUT2D eigenvalue weighted by Crippen LogP contribution is -2.09. The fraction of sp³-hybridized carbons (Fsp3) is 0.375. The number of alkyl halides is 2. The topological polar surface area (TPSA) is 59.1 Å². The van der Waals surface area contributed by atoms with Crippen LogP contribution in [-0.4, -0.2) is 10.1 Å². The molecular formula is C8H9F3N2O. The van der Waals surface area contributed by atoms with Gasteiger partial charge in [-0.15, -0.1) is 0 Å². The number of pyridine rings is 1. The predicted octanol–water partition coefficient (Wildman–Crippen LogP) is 1.11. The molecule has 0 radical (unpaired) electrons. The van der Waals surface area contributed by atoms with Gasteiger partial charge in [0.1, 0.15) is 11.5 Å². The molecule has 0 saturated carbocycles. The van der Waals surface area contributed by atoms with E-state index in [9.17, 15) is 13.2 Å². The Hall–Kier alpha value is -1.14. The summed E-state index contributed by atoms with van der Waals surface area (Å²) < 4.78 is 37.6. The van der Waals surface area contributed by atoms with Gasteiger partial charge in [0.05, 0.1) is 12.3 Å². The van der Waals surface area contributed by atoms with Gasteiger partial charge >= 0.3 is 0 Å². The van der Waals surface area contributed by atoms with Crippen LogP contribution in [-0.2, 0) is 13.2 Å². The summed E-state index contributed by atoms with van der Waals surface area (Å²) in [5, 5.41) is 8.68. The average molecular weight is 206 g/mol. The second-order valence-electron chi connectivity index (χ2n) is 2.62. The number of rotatable bonds is 3. The maximum Gasteiger partial charge on any atom is 0.280 e. The molecule has 0 bridgehead atoms. The quantitative estimate of drug-likeness (QED) is 0.778. The van der Waals surface area contributed by atoms with Crippen LogP contribution in [0.3, 0.4) is 0 Å². The van der Waals surface area contributed by atoms with Crippen molar-refractivity contribution >= 4 is 0 Å². The van der Waals surface area contributed by atoms with Gasteiger partial charge in [-0.2, -0.15) is 0 Å². The van der Waals surface area contributed by atoms with Crippen molar-refractivity contribution in [2.45, 2.75) is 19.6 Å². The highest BCUT2D eigenvalue weighted by Crippen LogP contribution is 2.22. The summed E-state index contributed by atoms with van der Waals surface area (Å²) in [5.41, 5.74) is 4.05. The van der Waals surface area contributed by atoms with Gasteiger partial charge in [0.2, 0.25) is 0 Å². The van der Waals surface area contributed by atoms with Crippen LogP contribution >= 0.6 is 0 Å². The van der Waals surface area contributed by atoms with Crippen LogP contribution in [0.4, 0.5) is 13.2 Å². The molecule has 0 amide bonds. The van der Waals surface area contributed by atoms with E-state index in [2.05, 4.69) is 4.98 Å². The minimum atomic E-state index is -2.84. The molecule has 3 nitrogen and oxygen atoms in total. The molecule has 14 heavy (non-hydrogen) atoms. The van der Waals surface area contributed by atoms with Gasteiger partial charge in [-0.1, -0.05) is 0 Å². The van der Waals surface area contributed by atoms with E-state index in [1.807, 2.05) is 0 Å². The lowest BCUT2D eigenvalue weighted by Gasteiger charge is -2.08. The Morgan fingerprint density at radius 3 is 2.57 bits per heavy atom. The van der Waals surface area contributed by atoms with Crippen LogP contribution in [0.25, 0.3) is 0 Å². The highest BCUT2D eigenvalue weighted by atomic mass is 19.3. The number of halogens is 3. The number of aliphatic hydroxyl groups is 1. The van der Waals surface area contributed by atoms with E-state index >= 15 is 0 Å². The summed E-state index contributed by atoms with van der Waals surface area (Å²) in [6.07, 6.45) is -2.84.